The van der Waals surface area contributed by atoms with Crippen molar-refractivity contribution < 1.29 is 17.7 Å². The largest absolute Gasteiger partial charge is 0.493 e. The zero-order valence-electron chi connectivity index (χ0n) is 18.6. The molecule has 0 saturated heterocycles. The molecule has 4 nitrogen and oxygen atoms in total. The number of fused-ring (bicyclic) bond motifs is 1. The average Bonchev–Trinajstić information content (AvgIpc) is 2.77. The van der Waals surface area contributed by atoms with Crippen molar-refractivity contribution in [2.45, 2.75) is 49.8 Å². The predicted octanol–water partition coefficient (Wildman–Crippen LogP) is 6.04. The van der Waals surface area contributed by atoms with Crippen molar-refractivity contribution in [3.8, 4) is 5.75 Å². The molecule has 0 saturated carbocycles. The first kappa shape index (κ1) is 21.2. The van der Waals surface area contributed by atoms with E-state index in [4.69, 9.17) is 4.74 Å². The summed E-state index contributed by atoms with van der Waals surface area (Å²) in [4.78, 5) is -0.0306. The van der Waals surface area contributed by atoms with Gasteiger partial charge in [0.25, 0.3) is 10.1 Å². The van der Waals surface area contributed by atoms with Crippen LogP contribution >= 0.6 is 0 Å². The minimum atomic E-state index is -4.28. The molecule has 0 aliphatic heterocycles. The maximum Gasteiger partial charge on any atom is 0.294 e. The number of rotatable bonds is 5. The standard InChI is InChI=1S/C27H28O4S/c1-16(2)23-14-25(17(3)12-26(23)32(28,29)30)31-15-18-13-24-19-8-4-6-10-21(19)27(18)22-11-7-5-9-20(22)24/h4-12,14,16,18,24,27H,13,15H2,1-3H3,(H,28,29,30). The monoisotopic (exact) mass is 448 g/mol. The molecular formula is C27H28O4S. The lowest BCUT2D eigenvalue weighted by molar-refractivity contribution is 0.203. The molecule has 3 aromatic carbocycles. The lowest BCUT2D eigenvalue weighted by Gasteiger charge is -2.45. The minimum absolute atomic E-state index is 0.0306. The van der Waals surface area contributed by atoms with Crippen LogP contribution in [0, 0.1) is 12.8 Å². The van der Waals surface area contributed by atoms with Crippen LogP contribution in [0.25, 0.3) is 0 Å². The summed E-state index contributed by atoms with van der Waals surface area (Å²) in [5.74, 6) is 1.65. The summed E-state index contributed by atoms with van der Waals surface area (Å²) < 4.78 is 39.7. The van der Waals surface area contributed by atoms with Gasteiger partial charge >= 0.3 is 0 Å². The first-order valence-electron chi connectivity index (χ1n) is 11.2. The summed E-state index contributed by atoms with van der Waals surface area (Å²) in [7, 11) is -4.28. The summed E-state index contributed by atoms with van der Waals surface area (Å²) in [6.45, 7) is 6.22. The van der Waals surface area contributed by atoms with E-state index < -0.39 is 10.1 Å². The molecule has 0 fully saturated rings. The Bertz CT molecular complexity index is 1250. The quantitative estimate of drug-likeness (QED) is 0.483. The van der Waals surface area contributed by atoms with Crippen molar-refractivity contribution in [1.29, 1.82) is 0 Å². The van der Waals surface area contributed by atoms with Gasteiger partial charge in [-0.3, -0.25) is 4.55 Å². The van der Waals surface area contributed by atoms with Crippen LogP contribution in [0.5, 0.6) is 5.75 Å². The van der Waals surface area contributed by atoms with Crippen molar-refractivity contribution in [2.24, 2.45) is 5.92 Å². The Labute approximate surface area is 190 Å². The van der Waals surface area contributed by atoms with E-state index >= 15 is 0 Å². The molecule has 166 valence electrons. The highest BCUT2D eigenvalue weighted by molar-refractivity contribution is 7.85. The number of hydrogen-bond donors (Lipinski definition) is 1. The summed E-state index contributed by atoms with van der Waals surface area (Å²) >= 11 is 0. The minimum Gasteiger partial charge on any atom is -0.493 e. The zero-order chi connectivity index (χ0) is 22.6. The van der Waals surface area contributed by atoms with E-state index in [0.29, 0.717) is 41.2 Å². The molecule has 1 N–H and O–H groups in total. The Morgan fingerprint density at radius 2 is 1.53 bits per heavy atom. The molecule has 5 heteroatoms. The van der Waals surface area contributed by atoms with Crippen LogP contribution in [-0.4, -0.2) is 19.6 Å². The molecule has 1 atom stereocenters. The van der Waals surface area contributed by atoms with Gasteiger partial charge in [0, 0.05) is 17.8 Å². The molecule has 0 aromatic heterocycles. The van der Waals surface area contributed by atoms with Crippen LogP contribution in [0.1, 0.15) is 71.4 Å². The highest BCUT2D eigenvalue weighted by atomic mass is 32.2. The van der Waals surface area contributed by atoms with Crippen molar-refractivity contribution in [1.82, 2.24) is 0 Å². The number of benzene rings is 3. The highest BCUT2D eigenvalue weighted by Gasteiger charge is 2.43. The second-order valence-corrected chi connectivity index (χ2v) is 10.8. The number of ether oxygens (including phenoxy) is 1. The number of aryl methyl sites for hydroxylation is 1. The Morgan fingerprint density at radius 1 is 0.969 bits per heavy atom. The summed E-state index contributed by atoms with van der Waals surface area (Å²) in [5.41, 5.74) is 6.96. The molecule has 3 aliphatic carbocycles. The first-order valence-corrected chi connectivity index (χ1v) is 12.6. The second-order valence-electron chi connectivity index (χ2n) is 9.38. The Kier molecular flexibility index (Phi) is 5.14. The molecular weight excluding hydrogens is 420 g/mol. The Balaban J connectivity index is 1.47. The molecule has 1 unspecified atom stereocenters. The van der Waals surface area contributed by atoms with Crippen molar-refractivity contribution >= 4 is 10.1 Å². The first-order chi connectivity index (χ1) is 15.3. The lowest BCUT2D eigenvalue weighted by Crippen LogP contribution is -2.35. The predicted molar refractivity (Wildman–Crippen MR) is 125 cm³/mol. The van der Waals surface area contributed by atoms with E-state index in [0.717, 1.165) is 6.42 Å². The van der Waals surface area contributed by atoms with Gasteiger partial charge in [-0.25, -0.2) is 0 Å². The van der Waals surface area contributed by atoms with Crippen molar-refractivity contribution in [2.75, 3.05) is 6.61 Å². The van der Waals surface area contributed by atoms with Gasteiger partial charge in [0.05, 0.1) is 11.5 Å². The summed E-state index contributed by atoms with van der Waals surface area (Å²) in [5, 5.41) is 0. The third kappa shape index (κ3) is 3.44. The smallest absolute Gasteiger partial charge is 0.294 e. The van der Waals surface area contributed by atoms with Gasteiger partial charge in [0.15, 0.2) is 0 Å². The fraction of sp³-hybridized carbons (Fsp3) is 0.333. The summed E-state index contributed by atoms with van der Waals surface area (Å²) in [6.07, 6.45) is 1.04. The van der Waals surface area contributed by atoms with Gasteiger partial charge in [-0.15, -0.1) is 0 Å². The molecule has 0 amide bonds. The maximum atomic E-state index is 11.9. The molecule has 0 radical (unpaired) electrons. The molecule has 6 rings (SSSR count). The summed E-state index contributed by atoms with van der Waals surface area (Å²) in [6, 6.07) is 20.8. The molecule has 3 aromatic rings. The molecule has 0 spiro atoms. The van der Waals surface area contributed by atoms with Gasteiger partial charge in [-0.05, 0) is 64.8 Å². The SMILES string of the molecule is Cc1cc(S(=O)(=O)O)c(C(C)C)cc1OCC1CC2c3ccccc3C1c1ccccc12. The average molecular weight is 449 g/mol. The van der Waals surface area contributed by atoms with Crippen LogP contribution in [0.3, 0.4) is 0 Å². The van der Waals surface area contributed by atoms with E-state index in [2.05, 4.69) is 48.5 Å². The molecule has 2 bridgehead atoms. The molecule has 32 heavy (non-hydrogen) atoms. The van der Waals surface area contributed by atoms with Crippen molar-refractivity contribution in [3.05, 3.63) is 94.0 Å². The fourth-order valence-electron chi connectivity index (χ4n) is 5.63. The normalized spacial score (nSPS) is 21.3. The van der Waals surface area contributed by atoms with Crippen molar-refractivity contribution in [3.63, 3.8) is 0 Å². The zero-order valence-corrected chi connectivity index (χ0v) is 19.4. The van der Waals surface area contributed by atoms with Gasteiger partial charge in [-0.1, -0.05) is 62.4 Å². The van der Waals surface area contributed by atoms with Crippen LogP contribution in [-0.2, 0) is 10.1 Å². The van der Waals surface area contributed by atoms with Gasteiger partial charge < -0.3 is 4.74 Å². The number of hydrogen-bond acceptors (Lipinski definition) is 3. The second kappa shape index (κ2) is 7.75. The third-order valence-electron chi connectivity index (χ3n) is 7.08. The molecule has 3 aliphatic rings. The van der Waals surface area contributed by atoms with Crippen LogP contribution in [0.15, 0.2) is 65.6 Å². The van der Waals surface area contributed by atoms with Gasteiger partial charge in [0.1, 0.15) is 5.75 Å². The van der Waals surface area contributed by atoms with E-state index in [9.17, 15) is 13.0 Å². The lowest BCUT2D eigenvalue weighted by atomic mass is 9.59. The Morgan fingerprint density at radius 3 is 2.06 bits per heavy atom. The van der Waals surface area contributed by atoms with E-state index in [1.54, 1.807) is 6.07 Å². The van der Waals surface area contributed by atoms with E-state index in [1.165, 1.54) is 28.3 Å². The maximum absolute atomic E-state index is 11.9. The fourth-order valence-corrected chi connectivity index (χ4v) is 6.55. The Hall–Kier alpha value is -2.63. The molecule has 0 heterocycles. The van der Waals surface area contributed by atoms with E-state index in [1.807, 2.05) is 20.8 Å². The van der Waals surface area contributed by atoms with Gasteiger partial charge in [0.2, 0.25) is 0 Å². The third-order valence-corrected chi connectivity index (χ3v) is 7.99. The van der Waals surface area contributed by atoms with Crippen LogP contribution < -0.4 is 4.74 Å². The van der Waals surface area contributed by atoms with E-state index in [-0.39, 0.29) is 10.8 Å². The van der Waals surface area contributed by atoms with Crippen LogP contribution in [0.2, 0.25) is 0 Å². The topological polar surface area (TPSA) is 63.6 Å². The van der Waals surface area contributed by atoms with Crippen LogP contribution in [0.4, 0.5) is 0 Å². The van der Waals surface area contributed by atoms with Gasteiger partial charge in [-0.2, -0.15) is 8.42 Å². The highest BCUT2D eigenvalue weighted by Crippen LogP contribution is 2.55.